The molecule has 49 heavy (non-hydrogen) atoms. The van der Waals surface area contributed by atoms with Crippen LogP contribution >= 0.6 is 0 Å². The van der Waals surface area contributed by atoms with Crippen LogP contribution in [-0.4, -0.2) is 49.3 Å². The molecule has 4 rings (SSSR count). The van der Waals surface area contributed by atoms with Crippen LogP contribution in [0.4, 0.5) is 0 Å². The highest BCUT2D eigenvalue weighted by molar-refractivity contribution is 7.97. The lowest BCUT2D eigenvalue weighted by atomic mass is 10.2. The molecule has 0 atom stereocenters. The molecule has 0 aliphatic carbocycles. The van der Waals surface area contributed by atoms with Crippen molar-refractivity contribution in [1.29, 1.82) is 0 Å². The molecular weight excluding hydrogens is 665 g/mol. The predicted octanol–water partition coefficient (Wildman–Crippen LogP) is 7.43. The van der Waals surface area contributed by atoms with E-state index in [0.29, 0.717) is 11.5 Å². The maximum atomic E-state index is 12.0. The summed E-state index contributed by atoms with van der Waals surface area (Å²) in [7, 11) is -4.66. The number of aryl methyl sites for hydroxylation is 2. The second-order valence-corrected chi connectivity index (χ2v) is 16.5. The zero-order chi connectivity index (χ0) is 36.4. The summed E-state index contributed by atoms with van der Waals surface area (Å²) >= 11 is 0. The van der Waals surface area contributed by atoms with Crippen LogP contribution < -0.4 is 9.47 Å². The number of carbonyl (C=O) groups excluding carboxylic acids is 2. The Bertz CT molecular complexity index is 1690. The van der Waals surface area contributed by atoms with Crippen molar-refractivity contribution < 1.29 is 41.5 Å². The molecule has 0 spiro atoms. The smallest absolute Gasteiger partial charge is 0.344 e. The molecule has 4 aromatic carbocycles. The van der Waals surface area contributed by atoms with Crippen LogP contribution in [0.15, 0.2) is 117 Å². The number of ether oxygens (including phenoxy) is 4. The van der Waals surface area contributed by atoms with Crippen LogP contribution in [0.5, 0.6) is 11.5 Å². The zero-order valence-electron chi connectivity index (χ0n) is 29.1. The molecule has 0 aromatic heterocycles. The monoisotopic (exact) mass is 708 g/mol. The lowest BCUT2D eigenvalue weighted by Crippen LogP contribution is -2.27. The summed E-state index contributed by atoms with van der Waals surface area (Å²) in [5, 5.41) is 0. The molecule has 0 aliphatic heterocycles. The Morgan fingerprint density at radius 3 is 1.18 bits per heavy atom. The van der Waals surface area contributed by atoms with E-state index >= 15 is 0 Å². The Labute approximate surface area is 292 Å². The zero-order valence-corrected chi connectivity index (χ0v) is 30.8. The van der Waals surface area contributed by atoms with Gasteiger partial charge in [-0.3, -0.25) is 0 Å². The molecule has 0 aliphatic rings. The Morgan fingerprint density at radius 2 is 0.878 bits per heavy atom. The maximum absolute atomic E-state index is 12.0. The molecule has 0 heterocycles. The average molecular weight is 709 g/mol. The first-order chi connectivity index (χ1) is 22.8. The third kappa shape index (κ3) is 14.0. The van der Waals surface area contributed by atoms with Gasteiger partial charge in [0.1, 0.15) is 32.8 Å². The number of hydrogen-bond acceptors (Lipinski definition) is 9. The summed E-state index contributed by atoms with van der Waals surface area (Å²) in [5.74, 6) is 0.376. The van der Waals surface area contributed by atoms with Crippen molar-refractivity contribution in [3.63, 3.8) is 0 Å². The Kier molecular flexibility index (Phi) is 13.5. The van der Waals surface area contributed by atoms with Gasteiger partial charge in [-0.15, -0.1) is 0 Å². The fourth-order valence-electron chi connectivity index (χ4n) is 4.16. The van der Waals surface area contributed by atoms with Gasteiger partial charge in [0.15, 0.2) is 27.9 Å². The van der Waals surface area contributed by atoms with E-state index in [1.54, 1.807) is 12.1 Å². The lowest BCUT2D eigenvalue weighted by molar-refractivity contribution is -0.158. The molecule has 0 saturated carbocycles. The minimum Gasteiger partial charge on any atom is -0.744 e. The number of benzene rings is 4. The lowest BCUT2D eigenvalue weighted by Gasteiger charge is -2.19. The summed E-state index contributed by atoms with van der Waals surface area (Å²) in [6.45, 7) is 14.5. The molecule has 0 radical (unpaired) electrons. The van der Waals surface area contributed by atoms with E-state index in [9.17, 15) is 22.6 Å². The quantitative estimate of drug-likeness (QED) is 0.0939. The first kappa shape index (κ1) is 39.1. The summed E-state index contributed by atoms with van der Waals surface area (Å²) in [4.78, 5) is 27.2. The van der Waals surface area contributed by atoms with E-state index in [4.69, 9.17) is 18.9 Å². The topological polar surface area (TPSA) is 128 Å². The fraction of sp³-hybridized carbons (Fsp3) is 0.316. The van der Waals surface area contributed by atoms with Gasteiger partial charge in [0.2, 0.25) is 0 Å². The normalized spacial score (nSPS) is 11.6. The van der Waals surface area contributed by atoms with Crippen LogP contribution in [-0.2, 0) is 40.1 Å². The second-order valence-electron chi connectivity index (χ2n) is 13.1. The third-order valence-electron chi connectivity index (χ3n) is 6.24. The molecule has 0 saturated heterocycles. The molecule has 0 fully saturated rings. The molecule has 0 N–H and O–H groups in total. The van der Waals surface area contributed by atoms with Crippen molar-refractivity contribution in [3.8, 4) is 11.5 Å². The van der Waals surface area contributed by atoms with Crippen LogP contribution in [0, 0.1) is 13.8 Å². The average Bonchev–Trinajstić information content (AvgIpc) is 3.00. The molecule has 9 nitrogen and oxygen atoms in total. The summed E-state index contributed by atoms with van der Waals surface area (Å²) in [5.41, 5.74) is 1.01. The minimum atomic E-state index is -4.27. The molecule has 0 unspecified atom stereocenters. The van der Waals surface area contributed by atoms with Gasteiger partial charge in [-0.25, -0.2) is 18.0 Å². The van der Waals surface area contributed by atoms with Gasteiger partial charge in [0.25, 0.3) is 0 Å². The number of carbonyl (C=O) groups is 2. The van der Waals surface area contributed by atoms with Crippen molar-refractivity contribution in [3.05, 3.63) is 108 Å². The number of esters is 2. The van der Waals surface area contributed by atoms with Gasteiger partial charge >= 0.3 is 11.9 Å². The van der Waals surface area contributed by atoms with Gasteiger partial charge in [-0.05, 0) is 128 Å². The molecule has 4 aromatic rings. The highest BCUT2D eigenvalue weighted by Crippen LogP contribution is 2.33. The minimum absolute atomic E-state index is 0.148. The highest BCUT2D eigenvalue weighted by atomic mass is 32.2. The first-order valence-electron chi connectivity index (χ1n) is 15.5. The van der Waals surface area contributed by atoms with E-state index in [1.165, 1.54) is 22.6 Å². The molecule has 0 amide bonds. The maximum Gasteiger partial charge on any atom is 0.344 e. The van der Waals surface area contributed by atoms with Crippen molar-refractivity contribution in [2.45, 2.75) is 86.2 Å². The summed E-state index contributed by atoms with van der Waals surface area (Å²) in [6, 6.07) is 29.8. The summed E-state index contributed by atoms with van der Waals surface area (Å²) in [6.07, 6.45) is 0. The number of rotatable bonds is 10. The molecule has 0 bridgehead atoms. The van der Waals surface area contributed by atoms with Crippen molar-refractivity contribution in [1.82, 2.24) is 0 Å². The Balaban J connectivity index is 0.000000501. The van der Waals surface area contributed by atoms with Crippen molar-refractivity contribution >= 4 is 33.0 Å². The number of hydrogen-bond donors (Lipinski definition) is 0. The Hall–Kier alpha value is -4.32. The van der Waals surface area contributed by atoms with Gasteiger partial charge in [-0.2, -0.15) is 0 Å². The van der Waals surface area contributed by atoms with Gasteiger partial charge < -0.3 is 23.5 Å². The van der Waals surface area contributed by atoms with Crippen molar-refractivity contribution in [2.24, 2.45) is 0 Å². The first-order valence-corrected chi connectivity index (χ1v) is 18.2. The predicted molar refractivity (Wildman–Crippen MR) is 188 cm³/mol. The van der Waals surface area contributed by atoms with Crippen LogP contribution in [0.1, 0.15) is 52.7 Å². The standard InChI is InChI=1S/C31H37O6S.C7H8O3S/c1-22-8-14-25(15-9-22)38(26-16-10-23(11-17-26)34-20-28(32)36-30(2,3)4)27-18-12-24(13-19-27)35-21-29(33)37-31(5,6)7;1-6-2-4-7(5-3-6)11(8,9)10/h8-19H,20-21H2,1-7H3;2-5H,1H3,(H,8,9,10)/q+1;/p-1. The third-order valence-corrected chi connectivity index (χ3v) is 9.32. The van der Waals surface area contributed by atoms with Crippen molar-refractivity contribution in [2.75, 3.05) is 13.2 Å². The van der Waals surface area contributed by atoms with Gasteiger partial charge in [0, 0.05) is 0 Å². The second kappa shape index (κ2) is 16.9. The van der Waals surface area contributed by atoms with Gasteiger partial charge in [0.05, 0.1) is 15.8 Å². The Morgan fingerprint density at radius 1 is 0.571 bits per heavy atom. The van der Waals surface area contributed by atoms with E-state index in [0.717, 1.165) is 15.4 Å². The SMILES string of the molecule is Cc1ccc(S(=O)(=O)[O-])cc1.Cc1ccc([S+](c2ccc(OCC(=O)OC(C)(C)C)cc2)c2ccc(OCC(=O)OC(C)(C)C)cc2)cc1. The van der Waals surface area contributed by atoms with E-state index in [2.05, 4.69) is 31.2 Å². The largest absolute Gasteiger partial charge is 0.744 e. The molecule has 262 valence electrons. The molecular formula is C38H44O9S2. The molecule has 11 heteroatoms. The van der Waals surface area contributed by atoms with Gasteiger partial charge in [-0.1, -0.05) is 35.4 Å². The fourth-order valence-corrected chi connectivity index (χ4v) is 6.67. The van der Waals surface area contributed by atoms with Crippen LogP contribution in [0.25, 0.3) is 0 Å². The van der Waals surface area contributed by atoms with E-state index in [1.807, 2.05) is 97.0 Å². The van der Waals surface area contributed by atoms with E-state index < -0.39 is 33.3 Å². The highest BCUT2D eigenvalue weighted by Gasteiger charge is 2.29. The summed E-state index contributed by atoms with van der Waals surface area (Å²) < 4.78 is 53.1. The van der Waals surface area contributed by atoms with E-state index in [-0.39, 0.29) is 29.0 Å². The van der Waals surface area contributed by atoms with Crippen LogP contribution in [0.2, 0.25) is 0 Å². The van der Waals surface area contributed by atoms with Crippen LogP contribution in [0.3, 0.4) is 0 Å².